The van der Waals surface area contributed by atoms with Crippen molar-refractivity contribution in [2.24, 2.45) is 4.99 Å². The molecule has 0 spiro atoms. The summed E-state index contributed by atoms with van der Waals surface area (Å²) in [6.45, 7) is 4.41. The summed E-state index contributed by atoms with van der Waals surface area (Å²) >= 11 is 0. The van der Waals surface area contributed by atoms with E-state index in [0.29, 0.717) is 37.1 Å². The maximum Gasteiger partial charge on any atom is 0.266 e. The Morgan fingerprint density at radius 1 is 1.22 bits per heavy atom. The summed E-state index contributed by atoms with van der Waals surface area (Å²) in [4.78, 5) is 18.2. The number of nitrogens with zero attached hydrogens (tertiary/aromatic N) is 1. The first-order valence-electron chi connectivity index (χ1n) is 11.0. The van der Waals surface area contributed by atoms with Crippen LogP contribution >= 0.6 is 0 Å². The van der Waals surface area contributed by atoms with Crippen molar-refractivity contribution in [2.75, 3.05) is 13.2 Å². The average molecular weight is 436 g/mol. The second-order valence-corrected chi connectivity index (χ2v) is 8.07. The number of rotatable bonds is 11. The minimum Gasteiger partial charge on any atom is -0.494 e. The molecule has 1 saturated carbocycles. The van der Waals surface area contributed by atoms with Crippen LogP contribution in [0.15, 0.2) is 72.2 Å². The highest BCUT2D eigenvalue weighted by Gasteiger charge is 2.52. The number of carbonyl (C=O) groups is 1. The molecule has 0 unspecified atom stereocenters. The first-order chi connectivity index (χ1) is 15.7. The van der Waals surface area contributed by atoms with Crippen LogP contribution in [0.3, 0.4) is 0 Å². The molecule has 1 aliphatic carbocycles. The van der Waals surface area contributed by atoms with Gasteiger partial charge < -0.3 is 14.6 Å². The van der Waals surface area contributed by atoms with Crippen molar-refractivity contribution in [1.82, 2.24) is 10.9 Å². The third-order valence-electron chi connectivity index (χ3n) is 5.55. The summed E-state index contributed by atoms with van der Waals surface area (Å²) in [6.07, 6.45) is 4.13. The number of carbonyl (C=O) groups excluding carboxylic acids is 1. The van der Waals surface area contributed by atoms with Gasteiger partial charge in [-0.25, -0.2) is 10.4 Å². The van der Waals surface area contributed by atoms with Gasteiger partial charge in [-0.05, 0) is 42.7 Å². The number of nitrogens with one attached hydrogen (secondary N) is 2. The van der Waals surface area contributed by atoms with Crippen LogP contribution in [0.5, 0.6) is 5.75 Å². The van der Waals surface area contributed by atoms with Gasteiger partial charge in [-0.2, -0.15) is 0 Å². The molecular formula is C25H29N3O4. The summed E-state index contributed by atoms with van der Waals surface area (Å²) in [6, 6.07) is 17.4. The second-order valence-electron chi connectivity index (χ2n) is 8.07. The number of aliphatic imine (C=N–C) groups is 1. The Labute approximate surface area is 188 Å². The van der Waals surface area contributed by atoms with Crippen LogP contribution in [0.25, 0.3) is 0 Å². The van der Waals surface area contributed by atoms with Crippen LogP contribution in [0, 0.1) is 0 Å². The summed E-state index contributed by atoms with van der Waals surface area (Å²) in [5, 5.41) is 8.90. The van der Waals surface area contributed by atoms with E-state index in [1.165, 1.54) is 0 Å². The number of hydrogen-bond acceptors (Lipinski definition) is 6. The van der Waals surface area contributed by atoms with Crippen molar-refractivity contribution >= 4 is 11.8 Å². The van der Waals surface area contributed by atoms with Gasteiger partial charge in [0.2, 0.25) is 5.90 Å². The molecule has 0 aromatic heterocycles. The Hall–Kier alpha value is -3.16. The van der Waals surface area contributed by atoms with Gasteiger partial charge in [-0.1, -0.05) is 36.4 Å². The quantitative estimate of drug-likeness (QED) is 0.287. The normalized spacial score (nSPS) is 22.0. The largest absolute Gasteiger partial charge is 0.494 e. The Balaban J connectivity index is 1.63. The van der Waals surface area contributed by atoms with Crippen molar-refractivity contribution < 1.29 is 19.4 Å². The van der Waals surface area contributed by atoms with Crippen LogP contribution in [0.4, 0.5) is 0 Å². The number of amides is 1. The third kappa shape index (κ3) is 4.84. The van der Waals surface area contributed by atoms with Crippen LogP contribution in [0.1, 0.15) is 42.9 Å². The van der Waals surface area contributed by atoms with Gasteiger partial charge in [0.05, 0.1) is 6.61 Å². The zero-order chi connectivity index (χ0) is 22.4. The number of hydrogen-bond donors (Lipinski definition) is 3. The molecule has 1 heterocycles. The third-order valence-corrected chi connectivity index (χ3v) is 5.55. The van der Waals surface area contributed by atoms with E-state index in [0.717, 1.165) is 24.0 Å². The Morgan fingerprint density at radius 3 is 2.62 bits per heavy atom. The topological polar surface area (TPSA) is 92.2 Å². The maximum absolute atomic E-state index is 13.4. The molecule has 2 aromatic carbocycles. The van der Waals surface area contributed by atoms with Gasteiger partial charge in [0.25, 0.3) is 5.91 Å². The summed E-state index contributed by atoms with van der Waals surface area (Å²) in [5.74, 6) is 0.866. The standard InChI is InChI=1S/C25H29N3O4/c1-2-15-25(24(30)28-27-20-11-12-20)22(18-7-4-3-5-8-18)32-23(26-25)19-9-13-21(14-10-19)31-17-6-16-29/h2-5,7-10,13-14,20,22,27,29H,1,6,11-12,15-17H2,(H,28,30)/t22-,25-/m0/s1. The highest BCUT2D eigenvalue weighted by Crippen LogP contribution is 2.42. The predicted octanol–water partition coefficient (Wildman–Crippen LogP) is 3.06. The number of ether oxygens (including phenoxy) is 2. The molecule has 0 saturated heterocycles. The van der Waals surface area contributed by atoms with Crippen molar-refractivity contribution in [3.05, 3.63) is 78.4 Å². The average Bonchev–Trinajstić information content (AvgIpc) is 3.58. The zero-order valence-corrected chi connectivity index (χ0v) is 18.0. The number of benzene rings is 2. The number of hydrazine groups is 1. The lowest BCUT2D eigenvalue weighted by molar-refractivity contribution is -0.129. The molecule has 4 rings (SSSR count). The highest BCUT2D eigenvalue weighted by molar-refractivity contribution is 6.01. The molecular weight excluding hydrogens is 406 g/mol. The fourth-order valence-corrected chi connectivity index (χ4v) is 3.67. The summed E-state index contributed by atoms with van der Waals surface area (Å²) in [5.41, 5.74) is 6.40. The molecule has 1 amide bonds. The monoisotopic (exact) mass is 435 g/mol. The molecule has 2 aromatic rings. The molecule has 7 nitrogen and oxygen atoms in total. The fraction of sp³-hybridized carbons (Fsp3) is 0.360. The van der Waals surface area contributed by atoms with E-state index in [1.807, 2.05) is 54.6 Å². The molecule has 0 bridgehead atoms. The molecule has 2 aliphatic rings. The minimum absolute atomic E-state index is 0.0899. The van der Waals surface area contributed by atoms with Crippen LogP contribution in [-0.4, -0.2) is 41.7 Å². The highest BCUT2D eigenvalue weighted by atomic mass is 16.5. The molecule has 32 heavy (non-hydrogen) atoms. The Bertz CT molecular complexity index is 957. The minimum atomic E-state index is -1.17. The molecule has 168 valence electrons. The Morgan fingerprint density at radius 2 is 1.97 bits per heavy atom. The van der Waals surface area contributed by atoms with E-state index in [1.54, 1.807) is 6.08 Å². The first-order valence-corrected chi connectivity index (χ1v) is 11.0. The molecule has 2 atom stereocenters. The van der Waals surface area contributed by atoms with E-state index >= 15 is 0 Å². The first kappa shape index (κ1) is 22.0. The van der Waals surface area contributed by atoms with Crippen molar-refractivity contribution in [3.8, 4) is 5.75 Å². The van der Waals surface area contributed by atoms with Crippen LogP contribution < -0.4 is 15.6 Å². The molecule has 1 aliphatic heterocycles. The van der Waals surface area contributed by atoms with Gasteiger partial charge in [0.15, 0.2) is 11.6 Å². The maximum atomic E-state index is 13.4. The van der Waals surface area contributed by atoms with Crippen molar-refractivity contribution in [3.63, 3.8) is 0 Å². The van der Waals surface area contributed by atoms with E-state index in [4.69, 9.17) is 19.6 Å². The molecule has 3 N–H and O–H groups in total. The lowest BCUT2D eigenvalue weighted by Crippen LogP contribution is -2.53. The SMILES string of the molecule is C=CC[C@]1(C(=O)NNC2CC2)N=C(c2ccc(OCCCO)cc2)O[C@H]1c1ccccc1. The van der Waals surface area contributed by atoms with Gasteiger partial charge in [0.1, 0.15) is 5.75 Å². The van der Waals surface area contributed by atoms with Gasteiger partial charge in [0, 0.05) is 31.1 Å². The smallest absolute Gasteiger partial charge is 0.266 e. The molecule has 0 radical (unpaired) electrons. The van der Waals surface area contributed by atoms with Gasteiger partial charge >= 0.3 is 0 Å². The van der Waals surface area contributed by atoms with E-state index < -0.39 is 11.6 Å². The fourth-order valence-electron chi connectivity index (χ4n) is 3.67. The van der Waals surface area contributed by atoms with Gasteiger partial charge in [-0.3, -0.25) is 10.2 Å². The van der Waals surface area contributed by atoms with E-state index in [2.05, 4.69) is 17.4 Å². The molecule has 7 heteroatoms. The lowest BCUT2D eigenvalue weighted by Gasteiger charge is -2.29. The van der Waals surface area contributed by atoms with Crippen LogP contribution in [-0.2, 0) is 9.53 Å². The zero-order valence-electron chi connectivity index (χ0n) is 18.0. The molecule has 1 fully saturated rings. The summed E-state index contributed by atoms with van der Waals surface area (Å²) < 4.78 is 11.9. The van der Waals surface area contributed by atoms with Crippen molar-refractivity contribution in [2.45, 2.75) is 43.4 Å². The van der Waals surface area contributed by atoms with Crippen LogP contribution in [0.2, 0.25) is 0 Å². The Kier molecular flexibility index (Phi) is 6.87. The number of aliphatic hydroxyl groups is 1. The number of aliphatic hydroxyl groups excluding tert-OH is 1. The predicted molar refractivity (Wildman–Crippen MR) is 122 cm³/mol. The lowest BCUT2D eigenvalue weighted by atomic mass is 9.84. The second kappa shape index (κ2) is 9.97. The van der Waals surface area contributed by atoms with E-state index in [9.17, 15) is 4.79 Å². The van der Waals surface area contributed by atoms with E-state index in [-0.39, 0.29) is 12.5 Å². The summed E-state index contributed by atoms with van der Waals surface area (Å²) in [7, 11) is 0. The van der Waals surface area contributed by atoms with Crippen molar-refractivity contribution in [1.29, 1.82) is 0 Å². The van der Waals surface area contributed by atoms with Gasteiger partial charge in [-0.15, -0.1) is 6.58 Å².